The smallest absolute Gasteiger partial charge is 0.261 e. The molecule has 0 atom stereocenters. The number of para-hydroxylation sites is 1. The average Bonchev–Trinajstić information content (AvgIpc) is 2.51. The fraction of sp³-hybridized carbons (Fsp3) is 0.312. The van der Waals surface area contributed by atoms with Crippen molar-refractivity contribution < 1.29 is 4.79 Å². The number of fused-ring (bicyclic) bond motifs is 1. The second kappa shape index (κ2) is 5.91. The lowest BCUT2D eigenvalue weighted by molar-refractivity contribution is -0.115. The summed E-state index contributed by atoms with van der Waals surface area (Å²) in [7, 11) is 0. The summed E-state index contributed by atoms with van der Waals surface area (Å²) in [6.45, 7) is 0.943. The topological polar surface area (TPSA) is 64.0 Å². The largest absolute Gasteiger partial charge is 0.388 e. The molecule has 5 heteroatoms. The van der Waals surface area contributed by atoms with E-state index >= 15 is 0 Å². The number of hydrogen-bond donors (Lipinski definition) is 1. The molecule has 108 valence electrons. The van der Waals surface area contributed by atoms with Gasteiger partial charge in [-0.25, -0.2) is 4.98 Å². The van der Waals surface area contributed by atoms with Crippen molar-refractivity contribution in [2.24, 2.45) is 0 Å². The monoisotopic (exact) mass is 283 g/mol. The van der Waals surface area contributed by atoms with Crippen molar-refractivity contribution in [3.05, 3.63) is 52.7 Å². The van der Waals surface area contributed by atoms with E-state index in [1.54, 1.807) is 24.3 Å². The standard InChI is InChI=1S/C16H17N3O2/c20-13(9-12-5-3-4-8-17-12)10-19-11-18-15-7-2-1-6-14(15)16(19)21/h1-2,6-7,9,11,17H,3-5,8,10H2/b12-9-. The van der Waals surface area contributed by atoms with Crippen molar-refractivity contribution in [2.75, 3.05) is 6.54 Å². The molecule has 1 aliphatic heterocycles. The van der Waals surface area contributed by atoms with Crippen LogP contribution < -0.4 is 10.9 Å². The second-order valence-electron chi connectivity index (χ2n) is 5.21. The van der Waals surface area contributed by atoms with Crippen LogP contribution >= 0.6 is 0 Å². The van der Waals surface area contributed by atoms with Crippen LogP contribution in [0.15, 0.2) is 47.2 Å². The Labute approximate surface area is 122 Å². The number of allylic oxidation sites excluding steroid dienone is 2. The summed E-state index contributed by atoms with van der Waals surface area (Å²) < 4.78 is 1.37. The molecule has 0 aliphatic carbocycles. The number of ketones is 1. The van der Waals surface area contributed by atoms with E-state index in [0.717, 1.165) is 31.5 Å². The first-order valence-corrected chi connectivity index (χ1v) is 7.15. The molecule has 1 aliphatic rings. The fourth-order valence-corrected chi connectivity index (χ4v) is 2.53. The van der Waals surface area contributed by atoms with Gasteiger partial charge in [0.1, 0.15) is 0 Å². The van der Waals surface area contributed by atoms with E-state index in [9.17, 15) is 9.59 Å². The van der Waals surface area contributed by atoms with Crippen LogP contribution in [0.4, 0.5) is 0 Å². The van der Waals surface area contributed by atoms with E-state index in [1.807, 2.05) is 6.07 Å². The molecule has 21 heavy (non-hydrogen) atoms. The highest BCUT2D eigenvalue weighted by molar-refractivity contribution is 5.90. The van der Waals surface area contributed by atoms with Gasteiger partial charge in [0.25, 0.3) is 5.56 Å². The molecular formula is C16H17N3O2. The Hall–Kier alpha value is -2.43. The maximum atomic E-state index is 12.3. The van der Waals surface area contributed by atoms with Gasteiger partial charge in [0.2, 0.25) is 0 Å². The summed E-state index contributed by atoms with van der Waals surface area (Å²) in [6, 6.07) is 7.15. The van der Waals surface area contributed by atoms with E-state index in [-0.39, 0.29) is 17.9 Å². The first kappa shape index (κ1) is 13.5. The minimum atomic E-state index is -0.177. The number of nitrogens with zero attached hydrogens (tertiary/aromatic N) is 2. The first-order chi connectivity index (χ1) is 10.2. The number of carbonyl (C=O) groups excluding carboxylic acids is 1. The zero-order valence-electron chi connectivity index (χ0n) is 11.7. The van der Waals surface area contributed by atoms with Crippen molar-refractivity contribution in [2.45, 2.75) is 25.8 Å². The molecule has 1 aromatic heterocycles. The summed E-state index contributed by atoms with van der Waals surface area (Å²) in [6.07, 6.45) is 6.19. The van der Waals surface area contributed by atoms with Crippen LogP contribution in [0, 0.1) is 0 Å². The SMILES string of the molecule is O=C(/C=C1/CCCCN1)Cn1cnc2ccccc2c1=O. The van der Waals surface area contributed by atoms with Crippen molar-refractivity contribution in [1.82, 2.24) is 14.9 Å². The lowest BCUT2D eigenvalue weighted by atomic mass is 10.1. The van der Waals surface area contributed by atoms with Gasteiger partial charge in [-0.15, -0.1) is 0 Å². The van der Waals surface area contributed by atoms with Crippen molar-refractivity contribution in [3.63, 3.8) is 0 Å². The third-order valence-corrected chi connectivity index (χ3v) is 3.62. The van der Waals surface area contributed by atoms with Gasteiger partial charge in [0.05, 0.1) is 23.8 Å². The minimum Gasteiger partial charge on any atom is -0.388 e. The molecule has 0 unspecified atom stereocenters. The predicted molar refractivity (Wildman–Crippen MR) is 80.9 cm³/mol. The van der Waals surface area contributed by atoms with Crippen molar-refractivity contribution in [1.29, 1.82) is 0 Å². The second-order valence-corrected chi connectivity index (χ2v) is 5.21. The Morgan fingerprint density at radius 2 is 2.19 bits per heavy atom. The molecule has 1 aromatic carbocycles. The van der Waals surface area contributed by atoms with Gasteiger partial charge in [-0.05, 0) is 31.4 Å². The van der Waals surface area contributed by atoms with Crippen LogP contribution in [0.25, 0.3) is 10.9 Å². The third-order valence-electron chi connectivity index (χ3n) is 3.62. The van der Waals surface area contributed by atoms with Crippen LogP contribution in [-0.2, 0) is 11.3 Å². The van der Waals surface area contributed by atoms with Gasteiger partial charge >= 0.3 is 0 Å². The molecule has 0 spiro atoms. The Morgan fingerprint density at radius 1 is 1.33 bits per heavy atom. The lowest BCUT2D eigenvalue weighted by Crippen LogP contribution is -2.25. The summed E-state index contributed by atoms with van der Waals surface area (Å²) in [5.41, 5.74) is 1.44. The molecule has 5 nitrogen and oxygen atoms in total. The fourth-order valence-electron chi connectivity index (χ4n) is 2.53. The minimum absolute atomic E-state index is 0.0296. The number of hydrogen-bond acceptors (Lipinski definition) is 4. The Balaban J connectivity index is 1.83. The van der Waals surface area contributed by atoms with E-state index < -0.39 is 0 Å². The van der Waals surface area contributed by atoms with Gasteiger partial charge in [-0.1, -0.05) is 12.1 Å². The molecule has 2 aromatic rings. The maximum absolute atomic E-state index is 12.3. The van der Waals surface area contributed by atoms with E-state index in [0.29, 0.717) is 10.9 Å². The lowest BCUT2D eigenvalue weighted by Gasteiger charge is -2.16. The molecule has 2 heterocycles. The molecule has 1 N–H and O–H groups in total. The van der Waals surface area contributed by atoms with Gasteiger partial charge in [0, 0.05) is 18.3 Å². The van der Waals surface area contributed by atoms with Crippen molar-refractivity contribution in [3.8, 4) is 0 Å². The van der Waals surface area contributed by atoms with Crippen LogP contribution in [0.1, 0.15) is 19.3 Å². The summed E-state index contributed by atoms with van der Waals surface area (Å²) >= 11 is 0. The Kier molecular flexibility index (Phi) is 3.81. The van der Waals surface area contributed by atoms with E-state index in [2.05, 4.69) is 10.3 Å². The number of benzene rings is 1. The molecule has 1 saturated heterocycles. The average molecular weight is 283 g/mol. The van der Waals surface area contributed by atoms with Crippen LogP contribution in [0.5, 0.6) is 0 Å². The van der Waals surface area contributed by atoms with Gasteiger partial charge in [-0.2, -0.15) is 0 Å². The highest BCUT2D eigenvalue weighted by Crippen LogP contribution is 2.10. The quantitative estimate of drug-likeness (QED) is 0.869. The first-order valence-electron chi connectivity index (χ1n) is 7.15. The highest BCUT2D eigenvalue weighted by Gasteiger charge is 2.09. The highest BCUT2D eigenvalue weighted by atomic mass is 16.1. The molecule has 0 radical (unpaired) electrons. The molecule has 1 fully saturated rings. The Morgan fingerprint density at radius 3 is 3.00 bits per heavy atom. The molecule has 0 amide bonds. The molecule has 0 saturated carbocycles. The zero-order chi connectivity index (χ0) is 14.7. The predicted octanol–water partition coefficient (Wildman–Crippen LogP) is 1.62. The number of nitrogens with one attached hydrogen (secondary N) is 1. The van der Waals surface area contributed by atoms with Crippen LogP contribution in [0.2, 0.25) is 0 Å². The molecule has 0 bridgehead atoms. The number of piperidine rings is 1. The number of aromatic nitrogens is 2. The Bertz CT molecular complexity index is 753. The van der Waals surface area contributed by atoms with Crippen LogP contribution in [-0.4, -0.2) is 21.9 Å². The summed E-state index contributed by atoms with van der Waals surface area (Å²) in [5, 5.41) is 3.76. The van der Waals surface area contributed by atoms with Crippen LogP contribution in [0.3, 0.4) is 0 Å². The summed E-state index contributed by atoms with van der Waals surface area (Å²) in [4.78, 5) is 28.6. The van der Waals surface area contributed by atoms with Gasteiger partial charge < -0.3 is 5.32 Å². The van der Waals surface area contributed by atoms with Gasteiger partial charge in [0.15, 0.2) is 5.78 Å². The summed E-state index contributed by atoms with van der Waals surface area (Å²) in [5.74, 6) is -0.0846. The normalized spacial score (nSPS) is 16.9. The van der Waals surface area contributed by atoms with E-state index in [1.165, 1.54) is 10.9 Å². The molecule has 3 rings (SSSR count). The molecular weight excluding hydrogens is 266 g/mol. The van der Waals surface area contributed by atoms with Gasteiger partial charge in [-0.3, -0.25) is 14.2 Å². The maximum Gasteiger partial charge on any atom is 0.261 e. The number of rotatable bonds is 3. The zero-order valence-corrected chi connectivity index (χ0v) is 11.7. The number of carbonyl (C=O) groups is 1. The van der Waals surface area contributed by atoms with E-state index in [4.69, 9.17) is 0 Å². The van der Waals surface area contributed by atoms with Crippen molar-refractivity contribution >= 4 is 16.7 Å². The third kappa shape index (κ3) is 3.02.